The Morgan fingerprint density at radius 3 is 2.71 bits per heavy atom. The van der Waals surface area contributed by atoms with Crippen LogP contribution in [0.5, 0.6) is 0 Å². The van der Waals surface area contributed by atoms with Crippen molar-refractivity contribution in [3.05, 3.63) is 28.9 Å². The van der Waals surface area contributed by atoms with E-state index in [9.17, 15) is 4.39 Å². The predicted molar refractivity (Wildman–Crippen MR) is 54.9 cm³/mol. The molecule has 0 aromatic carbocycles. The summed E-state index contributed by atoms with van der Waals surface area (Å²) in [5, 5.41) is 3.14. The molecule has 3 nitrogen and oxygen atoms in total. The van der Waals surface area contributed by atoms with E-state index < -0.39 is 5.82 Å². The van der Waals surface area contributed by atoms with E-state index in [4.69, 9.17) is 11.6 Å². The normalized spacial score (nSPS) is 10.0. The summed E-state index contributed by atoms with van der Waals surface area (Å²) in [6.07, 6.45) is 0. The topological polar surface area (TPSA) is 37.8 Å². The van der Waals surface area contributed by atoms with E-state index in [-0.39, 0.29) is 12.4 Å². The van der Waals surface area contributed by atoms with Crippen LogP contribution in [0.3, 0.4) is 0 Å². The molecule has 0 aliphatic heterocycles. The van der Waals surface area contributed by atoms with Crippen molar-refractivity contribution in [1.82, 2.24) is 9.97 Å². The zero-order valence-corrected chi connectivity index (χ0v) is 8.82. The highest BCUT2D eigenvalue weighted by atomic mass is 35.5. The van der Waals surface area contributed by atoms with Crippen LogP contribution in [0, 0.1) is 19.7 Å². The molecule has 0 aliphatic rings. The van der Waals surface area contributed by atoms with Gasteiger partial charge in [-0.2, -0.15) is 0 Å². The molecule has 0 fully saturated rings. The average Bonchev–Trinajstić information content (AvgIpc) is 2.08. The van der Waals surface area contributed by atoms with Gasteiger partial charge in [-0.3, -0.25) is 0 Å². The molecule has 0 aliphatic carbocycles. The van der Waals surface area contributed by atoms with Gasteiger partial charge in [-0.25, -0.2) is 14.4 Å². The zero-order valence-electron chi connectivity index (χ0n) is 8.06. The summed E-state index contributed by atoms with van der Waals surface area (Å²) < 4.78 is 13.4. The molecule has 0 amide bonds. The monoisotopic (exact) mass is 215 g/mol. The number of anilines is 1. The van der Waals surface area contributed by atoms with Crippen molar-refractivity contribution in [3.8, 4) is 0 Å². The molecule has 1 rings (SSSR count). The third-order valence-electron chi connectivity index (χ3n) is 1.58. The molecule has 1 heterocycles. The second-order valence-electron chi connectivity index (χ2n) is 2.89. The molecule has 0 spiro atoms. The van der Waals surface area contributed by atoms with Crippen molar-refractivity contribution in [1.29, 1.82) is 0 Å². The molecule has 0 atom stereocenters. The number of rotatable bonds is 3. The van der Waals surface area contributed by atoms with Crippen LogP contribution >= 0.6 is 11.6 Å². The SMILES string of the molecule is C=C(Cl)CNc1nc(C)nc(C)c1F. The number of nitrogens with one attached hydrogen (secondary N) is 1. The van der Waals surface area contributed by atoms with Crippen LogP contribution in [0.1, 0.15) is 11.5 Å². The number of hydrogen-bond acceptors (Lipinski definition) is 3. The van der Waals surface area contributed by atoms with Crippen molar-refractivity contribution < 1.29 is 4.39 Å². The van der Waals surface area contributed by atoms with Gasteiger partial charge in [0.15, 0.2) is 11.6 Å². The molecular weight excluding hydrogens is 205 g/mol. The number of nitrogens with zero attached hydrogens (tertiary/aromatic N) is 2. The van der Waals surface area contributed by atoms with Gasteiger partial charge in [0, 0.05) is 5.03 Å². The van der Waals surface area contributed by atoms with E-state index >= 15 is 0 Å². The van der Waals surface area contributed by atoms with Gasteiger partial charge in [0.05, 0.1) is 12.2 Å². The largest absolute Gasteiger partial charge is 0.363 e. The average molecular weight is 216 g/mol. The smallest absolute Gasteiger partial charge is 0.186 e. The predicted octanol–water partition coefficient (Wildman–Crippen LogP) is 2.40. The molecule has 14 heavy (non-hydrogen) atoms. The van der Waals surface area contributed by atoms with Crippen molar-refractivity contribution in [2.24, 2.45) is 0 Å². The first kappa shape index (κ1) is 10.9. The second-order valence-corrected chi connectivity index (χ2v) is 3.42. The lowest BCUT2D eigenvalue weighted by Crippen LogP contribution is -2.08. The number of aryl methyl sites for hydroxylation is 2. The maximum Gasteiger partial charge on any atom is 0.186 e. The first-order valence-corrected chi connectivity index (χ1v) is 4.46. The summed E-state index contributed by atoms with van der Waals surface area (Å²) in [6.45, 7) is 7.06. The van der Waals surface area contributed by atoms with E-state index in [1.54, 1.807) is 13.8 Å². The summed E-state index contributed by atoms with van der Waals surface area (Å²) in [5.41, 5.74) is 0.320. The van der Waals surface area contributed by atoms with Crippen molar-refractivity contribution >= 4 is 17.4 Å². The Balaban J connectivity index is 2.90. The fourth-order valence-electron chi connectivity index (χ4n) is 0.996. The minimum Gasteiger partial charge on any atom is -0.363 e. The summed E-state index contributed by atoms with van der Waals surface area (Å²) >= 11 is 5.54. The molecule has 0 bridgehead atoms. The van der Waals surface area contributed by atoms with Gasteiger partial charge in [-0.15, -0.1) is 0 Å². The first-order valence-electron chi connectivity index (χ1n) is 4.08. The van der Waals surface area contributed by atoms with Crippen LogP contribution in [0.2, 0.25) is 0 Å². The maximum absolute atomic E-state index is 13.4. The Morgan fingerprint density at radius 1 is 1.50 bits per heavy atom. The molecule has 5 heteroatoms. The standard InChI is InChI=1S/C9H11ClFN3/c1-5(10)4-12-9-8(11)6(2)13-7(3)14-9/h1,4H2,2-3H3,(H,12,13,14). The lowest BCUT2D eigenvalue weighted by Gasteiger charge is -2.07. The molecule has 0 saturated carbocycles. The number of hydrogen-bond donors (Lipinski definition) is 1. The summed E-state index contributed by atoms with van der Waals surface area (Å²) in [7, 11) is 0. The lowest BCUT2D eigenvalue weighted by atomic mass is 10.4. The van der Waals surface area contributed by atoms with E-state index in [0.29, 0.717) is 16.6 Å². The highest BCUT2D eigenvalue weighted by molar-refractivity contribution is 6.29. The van der Waals surface area contributed by atoms with E-state index in [0.717, 1.165) is 0 Å². The fraction of sp³-hybridized carbons (Fsp3) is 0.333. The third-order valence-corrected chi connectivity index (χ3v) is 1.71. The molecule has 0 radical (unpaired) electrons. The Labute approximate surface area is 87.0 Å². The van der Waals surface area contributed by atoms with Gasteiger partial charge < -0.3 is 5.32 Å². The van der Waals surface area contributed by atoms with Gasteiger partial charge in [0.25, 0.3) is 0 Å². The van der Waals surface area contributed by atoms with Crippen LogP contribution in [-0.4, -0.2) is 16.5 Å². The van der Waals surface area contributed by atoms with Gasteiger partial charge in [0.1, 0.15) is 5.82 Å². The highest BCUT2D eigenvalue weighted by Crippen LogP contribution is 2.14. The minimum atomic E-state index is -0.450. The minimum absolute atomic E-state index is 0.164. The van der Waals surface area contributed by atoms with Crippen LogP contribution in [0.4, 0.5) is 10.2 Å². The Kier molecular flexibility index (Phi) is 3.41. The Hall–Kier alpha value is -1.16. The second kappa shape index (κ2) is 4.37. The maximum atomic E-state index is 13.4. The molecule has 1 N–H and O–H groups in total. The van der Waals surface area contributed by atoms with Gasteiger partial charge >= 0.3 is 0 Å². The van der Waals surface area contributed by atoms with Crippen molar-refractivity contribution in [2.45, 2.75) is 13.8 Å². The molecule has 76 valence electrons. The number of halogens is 2. The van der Waals surface area contributed by atoms with E-state index in [2.05, 4.69) is 21.9 Å². The Morgan fingerprint density at radius 2 is 2.14 bits per heavy atom. The van der Waals surface area contributed by atoms with Crippen molar-refractivity contribution in [3.63, 3.8) is 0 Å². The van der Waals surface area contributed by atoms with Crippen LogP contribution in [-0.2, 0) is 0 Å². The molecular formula is C9H11ClFN3. The molecule has 0 saturated heterocycles. The van der Waals surface area contributed by atoms with Crippen molar-refractivity contribution in [2.75, 3.05) is 11.9 Å². The summed E-state index contributed by atoms with van der Waals surface area (Å²) in [6, 6.07) is 0. The van der Waals surface area contributed by atoms with E-state index in [1.165, 1.54) is 0 Å². The molecule has 1 aromatic rings. The lowest BCUT2D eigenvalue weighted by molar-refractivity contribution is 0.603. The zero-order chi connectivity index (χ0) is 10.7. The van der Waals surface area contributed by atoms with Crippen LogP contribution < -0.4 is 5.32 Å². The fourth-order valence-corrected chi connectivity index (χ4v) is 1.06. The Bertz CT molecular complexity index is 365. The molecule has 0 unspecified atom stereocenters. The van der Waals surface area contributed by atoms with Gasteiger partial charge in [0.2, 0.25) is 0 Å². The third kappa shape index (κ3) is 2.67. The molecule has 1 aromatic heterocycles. The quantitative estimate of drug-likeness (QED) is 0.842. The first-order chi connectivity index (χ1) is 6.50. The highest BCUT2D eigenvalue weighted by Gasteiger charge is 2.08. The van der Waals surface area contributed by atoms with Gasteiger partial charge in [-0.05, 0) is 13.8 Å². The van der Waals surface area contributed by atoms with E-state index in [1.807, 2.05) is 0 Å². The summed E-state index contributed by atoms with van der Waals surface area (Å²) in [5.74, 6) is 0.233. The van der Waals surface area contributed by atoms with Crippen LogP contribution in [0.25, 0.3) is 0 Å². The number of aromatic nitrogens is 2. The van der Waals surface area contributed by atoms with Crippen LogP contribution in [0.15, 0.2) is 11.6 Å². The summed E-state index contributed by atoms with van der Waals surface area (Å²) in [4.78, 5) is 7.79. The van der Waals surface area contributed by atoms with Gasteiger partial charge in [-0.1, -0.05) is 18.2 Å².